The van der Waals surface area contributed by atoms with Crippen molar-refractivity contribution < 1.29 is 4.42 Å². The van der Waals surface area contributed by atoms with E-state index in [4.69, 9.17) is 4.42 Å². The molecule has 2 aliphatic rings. The van der Waals surface area contributed by atoms with Gasteiger partial charge in [-0.3, -0.25) is 0 Å². The Labute approximate surface area is 451 Å². The van der Waals surface area contributed by atoms with Gasteiger partial charge in [-0.2, -0.15) is 0 Å². The number of nitrogens with zero attached hydrogens (tertiary/aromatic N) is 1. The van der Waals surface area contributed by atoms with Crippen molar-refractivity contribution in [3.05, 3.63) is 198 Å². The molecule has 0 saturated heterocycles. The summed E-state index contributed by atoms with van der Waals surface area (Å²) in [4.78, 5) is 0. The predicted molar refractivity (Wildman–Crippen MR) is 328 cm³/mol. The second-order valence-electron chi connectivity index (χ2n) is 24.2. The van der Waals surface area contributed by atoms with E-state index in [1.807, 2.05) is 11.3 Å². The molecule has 0 amide bonds. The Balaban J connectivity index is 1.07. The molecule has 1 N–H and O–H groups in total. The zero-order valence-corrected chi connectivity index (χ0v) is 45.9. The SMILES string of the molecule is CCc1ccccc1-c1cc2c(cc1C)c1ccc(-c3cc4c(cc3Nc3ccc(C(C)(C)C)cc3)sc3cc5c(cc34)C(C)(C)CCC5(C)C)c3c1n2-c1cc2c(-c4ccccc4)c(-c4ccccc4)oc2cc1[B]3. The first kappa shape index (κ1) is 46.9. The zero-order valence-electron chi connectivity index (χ0n) is 45.1. The Bertz CT molecular complexity index is 4350. The van der Waals surface area contributed by atoms with E-state index in [1.165, 1.54) is 110 Å². The minimum absolute atomic E-state index is 0.0524. The first-order chi connectivity index (χ1) is 36.6. The Kier molecular flexibility index (Phi) is 10.5. The molecular weight excluding hydrogens is 940 g/mol. The van der Waals surface area contributed by atoms with Crippen molar-refractivity contribution in [2.45, 2.75) is 97.8 Å². The maximum atomic E-state index is 7.09. The van der Waals surface area contributed by atoms with Crippen molar-refractivity contribution in [1.82, 2.24) is 4.57 Å². The molecule has 0 saturated carbocycles. The van der Waals surface area contributed by atoms with E-state index in [-0.39, 0.29) is 16.2 Å². The van der Waals surface area contributed by atoms with Crippen LogP contribution in [0.25, 0.3) is 103 Å². The van der Waals surface area contributed by atoms with Crippen LogP contribution in [0.3, 0.4) is 0 Å². The fraction of sp³-hybridized carbons (Fsp3) is 0.211. The van der Waals surface area contributed by atoms with Crippen LogP contribution >= 0.6 is 11.3 Å². The number of anilines is 2. The van der Waals surface area contributed by atoms with Gasteiger partial charge in [0.25, 0.3) is 0 Å². The number of nitrogens with one attached hydrogen (secondary N) is 1. The van der Waals surface area contributed by atoms with Gasteiger partial charge in [0.05, 0.1) is 5.52 Å². The molecular formula is C71H62BN2OS. The van der Waals surface area contributed by atoms with E-state index in [2.05, 4.69) is 249 Å². The van der Waals surface area contributed by atoms with Gasteiger partial charge in [0.1, 0.15) is 11.3 Å². The molecule has 1 aliphatic heterocycles. The van der Waals surface area contributed by atoms with Crippen LogP contribution in [-0.2, 0) is 22.7 Å². The van der Waals surface area contributed by atoms with Crippen molar-refractivity contribution in [3.63, 3.8) is 0 Å². The Morgan fingerprint density at radius 3 is 2.00 bits per heavy atom. The third kappa shape index (κ3) is 7.29. The van der Waals surface area contributed by atoms with Crippen LogP contribution in [0, 0.1) is 6.92 Å². The van der Waals surface area contributed by atoms with Crippen LogP contribution in [0.2, 0.25) is 0 Å². The number of thiophene rings is 1. The quantitative estimate of drug-likeness (QED) is 0.161. The van der Waals surface area contributed by atoms with Crippen LogP contribution in [0.15, 0.2) is 174 Å². The first-order valence-corrected chi connectivity index (χ1v) is 28.1. The van der Waals surface area contributed by atoms with Crippen molar-refractivity contribution in [2.75, 3.05) is 5.32 Å². The van der Waals surface area contributed by atoms with Crippen molar-refractivity contribution in [3.8, 4) is 50.4 Å². The summed E-state index contributed by atoms with van der Waals surface area (Å²) in [6.45, 7) is 21.2. The van der Waals surface area contributed by atoms with Crippen molar-refractivity contribution in [2.24, 2.45) is 0 Å². The standard InChI is InChI=1S/C71H62BN2OS/c1-10-42-19-17-18-24-47(42)50-36-60-52(33-41(50)2)49-30-29-48(66-67(49)74(60)61-37-55-62(39-58(61)72-66)75-68(44-22-15-12-16-23-44)65(55)43-20-13-11-14-21-43)51-34-53-54-35-56-57(71(8,9)32-31-70(56,6)7)38-63(54)76-64(53)40-59(51)73-46-27-25-45(26-28-46)69(3,4)5/h11-30,33-40,73H,10,31-32H2,1-9H3. The molecule has 1 aliphatic carbocycles. The number of aromatic nitrogens is 1. The van der Waals surface area contributed by atoms with E-state index in [1.54, 1.807) is 0 Å². The average Bonchev–Trinajstić information content (AvgIpc) is 4.30. The summed E-state index contributed by atoms with van der Waals surface area (Å²) in [5.74, 6) is 0.884. The number of benzene rings is 9. The summed E-state index contributed by atoms with van der Waals surface area (Å²) in [6, 6.07) is 63.9. The van der Waals surface area contributed by atoms with E-state index in [0.29, 0.717) is 0 Å². The molecule has 9 aromatic carbocycles. The summed E-state index contributed by atoms with van der Waals surface area (Å²) in [7, 11) is 2.46. The van der Waals surface area contributed by atoms with Crippen LogP contribution in [0.1, 0.15) is 96.0 Å². The maximum Gasteiger partial charge on any atom is 0.198 e. The van der Waals surface area contributed by atoms with E-state index in [0.717, 1.165) is 62.4 Å². The van der Waals surface area contributed by atoms with Crippen LogP contribution in [0.5, 0.6) is 0 Å². The second kappa shape index (κ2) is 17.0. The molecule has 3 aromatic heterocycles. The molecule has 12 aromatic rings. The van der Waals surface area contributed by atoms with Crippen LogP contribution in [0.4, 0.5) is 11.4 Å². The highest BCUT2D eigenvalue weighted by Crippen LogP contribution is 2.51. The topological polar surface area (TPSA) is 30.1 Å². The predicted octanol–water partition coefficient (Wildman–Crippen LogP) is 18.8. The number of hydrogen-bond acceptors (Lipinski definition) is 3. The van der Waals surface area contributed by atoms with Gasteiger partial charge in [0.15, 0.2) is 7.28 Å². The number of fused-ring (bicyclic) bond motifs is 10. The summed E-state index contributed by atoms with van der Waals surface area (Å²) >= 11 is 1.93. The van der Waals surface area contributed by atoms with Gasteiger partial charge in [-0.15, -0.1) is 11.3 Å². The Hall–Kier alpha value is -7.60. The van der Waals surface area contributed by atoms with Gasteiger partial charge in [-0.1, -0.05) is 170 Å². The molecule has 1 radical (unpaired) electrons. The van der Waals surface area contributed by atoms with Crippen LogP contribution < -0.4 is 16.2 Å². The number of hydrogen-bond donors (Lipinski definition) is 1. The highest BCUT2D eigenvalue weighted by molar-refractivity contribution is 7.25. The molecule has 4 heterocycles. The molecule has 0 fully saturated rings. The smallest absolute Gasteiger partial charge is 0.198 e. The lowest BCUT2D eigenvalue weighted by Gasteiger charge is -2.41. The van der Waals surface area contributed by atoms with Crippen molar-refractivity contribution in [1.29, 1.82) is 0 Å². The molecule has 0 bridgehead atoms. The van der Waals surface area contributed by atoms with Gasteiger partial charge in [0, 0.05) is 75.6 Å². The molecule has 3 nitrogen and oxygen atoms in total. The fourth-order valence-corrected chi connectivity index (χ4v) is 14.2. The lowest BCUT2D eigenvalue weighted by molar-refractivity contribution is 0.332. The molecule has 0 unspecified atom stereocenters. The fourth-order valence-electron chi connectivity index (χ4n) is 13.0. The Morgan fingerprint density at radius 2 is 1.28 bits per heavy atom. The summed E-state index contributed by atoms with van der Waals surface area (Å²) in [6.07, 6.45) is 3.34. The van der Waals surface area contributed by atoms with E-state index >= 15 is 0 Å². The minimum atomic E-state index is 0.0524. The maximum absolute atomic E-state index is 7.09. The van der Waals surface area contributed by atoms with Gasteiger partial charge in [-0.25, -0.2) is 0 Å². The highest BCUT2D eigenvalue weighted by atomic mass is 32.1. The summed E-state index contributed by atoms with van der Waals surface area (Å²) < 4.78 is 12.3. The molecule has 0 atom stereocenters. The zero-order chi connectivity index (χ0) is 52.0. The van der Waals surface area contributed by atoms with E-state index < -0.39 is 0 Å². The summed E-state index contributed by atoms with van der Waals surface area (Å²) in [5.41, 5.74) is 24.4. The van der Waals surface area contributed by atoms with Gasteiger partial charge >= 0.3 is 0 Å². The molecule has 76 heavy (non-hydrogen) atoms. The van der Waals surface area contributed by atoms with E-state index in [9.17, 15) is 0 Å². The van der Waals surface area contributed by atoms with Gasteiger partial charge in [-0.05, 0) is 159 Å². The number of rotatable bonds is 7. The normalized spacial score (nSPS) is 14.6. The lowest BCUT2D eigenvalue weighted by atomic mass is 9.59. The first-order valence-electron chi connectivity index (χ1n) is 27.3. The third-order valence-electron chi connectivity index (χ3n) is 17.4. The van der Waals surface area contributed by atoms with Crippen molar-refractivity contribution >= 4 is 93.9 Å². The monoisotopic (exact) mass is 1000 g/mol. The minimum Gasteiger partial charge on any atom is -0.455 e. The third-order valence-corrected chi connectivity index (χ3v) is 18.5. The molecule has 5 heteroatoms. The lowest BCUT2D eigenvalue weighted by Crippen LogP contribution is -2.37. The Morgan fingerprint density at radius 1 is 0.605 bits per heavy atom. The largest absolute Gasteiger partial charge is 0.455 e. The van der Waals surface area contributed by atoms with Gasteiger partial charge in [0.2, 0.25) is 0 Å². The molecule has 371 valence electrons. The van der Waals surface area contributed by atoms with Gasteiger partial charge < -0.3 is 14.3 Å². The number of aryl methyl sites for hydroxylation is 2. The molecule has 14 rings (SSSR count). The second-order valence-corrected chi connectivity index (χ2v) is 25.2. The highest BCUT2D eigenvalue weighted by Gasteiger charge is 2.38. The summed E-state index contributed by atoms with van der Waals surface area (Å²) in [5, 5.41) is 10.3. The number of furan rings is 1. The molecule has 0 spiro atoms. The van der Waals surface area contributed by atoms with Crippen LogP contribution in [-0.4, -0.2) is 11.8 Å². The average molecular weight is 1000 g/mol.